The molecule has 0 bridgehead atoms. The van der Waals surface area contributed by atoms with Gasteiger partial charge in [-0.2, -0.15) is 0 Å². The SMILES string of the molecule is CC1CC(c2ccccc2)CN1C(=O)[C@@H](N)Cc1ccccc1. The van der Waals surface area contributed by atoms with E-state index in [0.717, 1.165) is 18.5 Å². The molecule has 1 saturated heterocycles. The van der Waals surface area contributed by atoms with Crippen molar-refractivity contribution in [1.82, 2.24) is 4.90 Å². The van der Waals surface area contributed by atoms with Gasteiger partial charge in [-0.05, 0) is 30.9 Å². The first-order valence-electron chi connectivity index (χ1n) is 8.30. The molecule has 0 saturated carbocycles. The fourth-order valence-corrected chi connectivity index (χ4v) is 3.47. The summed E-state index contributed by atoms with van der Waals surface area (Å²) >= 11 is 0. The van der Waals surface area contributed by atoms with Crippen LogP contribution in [-0.2, 0) is 11.2 Å². The molecule has 2 aromatic carbocycles. The van der Waals surface area contributed by atoms with Crippen LogP contribution in [0.4, 0.5) is 0 Å². The van der Waals surface area contributed by atoms with Gasteiger partial charge in [-0.25, -0.2) is 0 Å². The fraction of sp³-hybridized carbons (Fsp3) is 0.350. The van der Waals surface area contributed by atoms with Gasteiger partial charge in [0, 0.05) is 18.5 Å². The minimum Gasteiger partial charge on any atom is -0.338 e. The predicted octanol–water partition coefficient (Wildman–Crippen LogP) is 2.96. The molecule has 1 amide bonds. The molecule has 1 aliphatic heterocycles. The summed E-state index contributed by atoms with van der Waals surface area (Å²) in [5.41, 5.74) is 8.61. The maximum atomic E-state index is 12.7. The number of benzene rings is 2. The van der Waals surface area contributed by atoms with Gasteiger partial charge in [-0.15, -0.1) is 0 Å². The second-order valence-electron chi connectivity index (χ2n) is 6.48. The fourth-order valence-electron chi connectivity index (χ4n) is 3.47. The molecule has 1 fully saturated rings. The maximum Gasteiger partial charge on any atom is 0.240 e. The Balaban J connectivity index is 1.65. The van der Waals surface area contributed by atoms with Gasteiger partial charge in [0.1, 0.15) is 0 Å². The van der Waals surface area contributed by atoms with Gasteiger partial charge >= 0.3 is 0 Å². The van der Waals surface area contributed by atoms with Crippen molar-refractivity contribution in [2.45, 2.75) is 37.8 Å². The van der Waals surface area contributed by atoms with Crippen LogP contribution in [0.3, 0.4) is 0 Å². The molecule has 0 aromatic heterocycles. The van der Waals surface area contributed by atoms with E-state index in [9.17, 15) is 4.79 Å². The Kier molecular flexibility index (Phi) is 4.77. The Hall–Kier alpha value is -2.13. The van der Waals surface area contributed by atoms with E-state index >= 15 is 0 Å². The van der Waals surface area contributed by atoms with Crippen LogP contribution in [0, 0.1) is 0 Å². The molecule has 2 N–H and O–H groups in total. The molecule has 23 heavy (non-hydrogen) atoms. The van der Waals surface area contributed by atoms with Crippen LogP contribution < -0.4 is 5.73 Å². The molecule has 3 heteroatoms. The highest BCUT2D eigenvalue weighted by Gasteiger charge is 2.35. The van der Waals surface area contributed by atoms with Crippen LogP contribution in [-0.4, -0.2) is 29.4 Å². The number of amides is 1. The van der Waals surface area contributed by atoms with Crippen molar-refractivity contribution in [3.05, 3.63) is 71.8 Å². The van der Waals surface area contributed by atoms with Crippen molar-refractivity contribution >= 4 is 5.91 Å². The topological polar surface area (TPSA) is 46.3 Å². The third kappa shape index (κ3) is 3.62. The molecule has 120 valence electrons. The van der Waals surface area contributed by atoms with Crippen molar-refractivity contribution < 1.29 is 4.79 Å². The Labute approximate surface area is 138 Å². The smallest absolute Gasteiger partial charge is 0.240 e. The highest BCUT2D eigenvalue weighted by atomic mass is 16.2. The molecule has 2 unspecified atom stereocenters. The van der Waals surface area contributed by atoms with Gasteiger partial charge in [0.25, 0.3) is 0 Å². The zero-order valence-electron chi connectivity index (χ0n) is 13.6. The zero-order valence-corrected chi connectivity index (χ0v) is 13.6. The van der Waals surface area contributed by atoms with E-state index < -0.39 is 6.04 Å². The van der Waals surface area contributed by atoms with Crippen LogP contribution in [0.2, 0.25) is 0 Å². The van der Waals surface area contributed by atoms with Gasteiger partial charge in [0.2, 0.25) is 5.91 Å². The highest BCUT2D eigenvalue weighted by molar-refractivity contribution is 5.82. The lowest BCUT2D eigenvalue weighted by atomic mass is 9.97. The second kappa shape index (κ2) is 6.97. The van der Waals surface area contributed by atoms with Crippen LogP contribution in [0.15, 0.2) is 60.7 Å². The number of carbonyl (C=O) groups excluding carboxylic acids is 1. The van der Waals surface area contributed by atoms with Crippen molar-refractivity contribution in [2.24, 2.45) is 5.73 Å². The number of nitrogens with zero attached hydrogens (tertiary/aromatic N) is 1. The summed E-state index contributed by atoms with van der Waals surface area (Å²) < 4.78 is 0. The molecule has 3 atom stereocenters. The minimum absolute atomic E-state index is 0.0692. The van der Waals surface area contributed by atoms with Crippen LogP contribution in [0.5, 0.6) is 0 Å². The summed E-state index contributed by atoms with van der Waals surface area (Å²) in [7, 11) is 0. The average molecular weight is 308 g/mol. The number of hydrogen-bond donors (Lipinski definition) is 1. The second-order valence-corrected chi connectivity index (χ2v) is 6.48. The van der Waals surface area contributed by atoms with Gasteiger partial charge in [-0.1, -0.05) is 60.7 Å². The van der Waals surface area contributed by atoms with Gasteiger partial charge in [0.15, 0.2) is 0 Å². The lowest BCUT2D eigenvalue weighted by Gasteiger charge is -2.25. The molecule has 1 aliphatic rings. The Morgan fingerprint density at radius 1 is 1.13 bits per heavy atom. The number of rotatable bonds is 4. The molecule has 0 spiro atoms. The van der Waals surface area contributed by atoms with E-state index in [1.807, 2.05) is 41.3 Å². The lowest BCUT2D eigenvalue weighted by Crippen LogP contribution is -2.46. The van der Waals surface area contributed by atoms with Gasteiger partial charge in [0.05, 0.1) is 6.04 Å². The van der Waals surface area contributed by atoms with Gasteiger partial charge in [-0.3, -0.25) is 4.79 Å². The average Bonchev–Trinajstić information content (AvgIpc) is 2.97. The third-order valence-corrected chi connectivity index (χ3v) is 4.74. The predicted molar refractivity (Wildman–Crippen MR) is 93.1 cm³/mol. The van der Waals surface area contributed by atoms with Crippen molar-refractivity contribution in [3.8, 4) is 0 Å². The number of likely N-dealkylation sites (tertiary alicyclic amines) is 1. The number of hydrogen-bond acceptors (Lipinski definition) is 2. The van der Waals surface area contributed by atoms with Crippen LogP contribution in [0.25, 0.3) is 0 Å². The standard InChI is InChI=1S/C20H24N2O/c1-15-12-18(17-10-6-3-7-11-17)14-22(15)20(23)19(21)13-16-8-4-2-5-9-16/h2-11,15,18-19H,12-14,21H2,1H3/t15?,18?,19-/m0/s1. The number of nitrogens with two attached hydrogens (primary N) is 1. The van der Waals surface area contributed by atoms with E-state index in [0.29, 0.717) is 12.3 Å². The molecule has 1 heterocycles. The van der Waals surface area contributed by atoms with Crippen LogP contribution in [0.1, 0.15) is 30.4 Å². The van der Waals surface area contributed by atoms with E-state index in [1.54, 1.807) is 0 Å². The van der Waals surface area contributed by atoms with Crippen molar-refractivity contribution in [2.75, 3.05) is 6.54 Å². The lowest BCUT2D eigenvalue weighted by molar-refractivity contribution is -0.133. The van der Waals surface area contributed by atoms with Crippen molar-refractivity contribution in [1.29, 1.82) is 0 Å². The first-order chi connectivity index (χ1) is 11.1. The summed E-state index contributed by atoms with van der Waals surface area (Å²) in [4.78, 5) is 14.7. The molecule has 0 radical (unpaired) electrons. The van der Waals surface area contributed by atoms with Gasteiger partial charge < -0.3 is 10.6 Å². The number of carbonyl (C=O) groups is 1. The third-order valence-electron chi connectivity index (χ3n) is 4.74. The summed E-state index contributed by atoms with van der Waals surface area (Å²) in [5, 5.41) is 0. The Morgan fingerprint density at radius 3 is 2.39 bits per heavy atom. The maximum absolute atomic E-state index is 12.7. The molecular formula is C20H24N2O. The summed E-state index contributed by atoms with van der Waals surface area (Å²) in [6.45, 7) is 2.89. The zero-order chi connectivity index (χ0) is 16.2. The first kappa shape index (κ1) is 15.8. The molecule has 3 nitrogen and oxygen atoms in total. The first-order valence-corrected chi connectivity index (χ1v) is 8.30. The summed E-state index contributed by atoms with van der Waals surface area (Å²) in [6.07, 6.45) is 1.60. The molecule has 3 rings (SSSR count). The minimum atomic E-state index is -0.464. The van der Waals surface area contributed by atoms with Crippen molar-refractivity contribution in [3.63, 3.8) is 0 Å². The Morgan fingerprint density at radius 2 is 1.74 bits per heavy atom. The Bertz CT molecular complexity index is 641. The highest BCUT2D eigenvalue weighted by Crippen LogP contribution is 2.31. The molecular weight excluding hydrogens is 284 g/mol. The summed E-state index contributed by atoms with van der Waals surface area (Å²) in [5.74, 6) is 0.485. The van der Waals surface area contributed by atoms with E-state index in [1.165, 1.54) is 5.56 Å². The van der Waals surface area contributed by atoms with E-state index in [-0.39, 0.29) is 11.9 Å². The van der Waals surface area contributed by atoms with E-state index in [4.69, 9.17) is 5.73 Å². The van der Waals surface area contributed by atoms with E-state index in [2.05, 4.69) is 31.2 Å². The molecule has 0 aliphatic carbocycles. The quantitative estimate of drug-likeness (QED) is 0.944. The largest absolute Gasteiger partial charge is 0.338 e. The summed E-state index contributed by atoms with van der Waals surface area (Å²) in [6, 6.07) is 20.2. The molecule has 2 aromatic rings. The monoisotopic (exact) mass is 308 g/mol. The van der Waals surface area contributed by atoms with Crippen LogP contribution >= 0.6 is 0 Å². The normalized spacial score (nSPS) is 22.1.